The first kappa shape index (κ1) is 7.71. The molecule has 0 aliphatic carbocycles. The number of hydrogen-bond donors (Lipinski definition) is 2. The summed E-state index contributed by atoms with van der Waals surface area (Å²) in [5, 5.41) is 3.10. The van der Waals surface area contributed by atoms with Crippen LogP contribution >= 0.6 is 22.6 Å². The van der Waals surface area contributed by atoms with Gasteiger partial charge in [0.25, 0.3) is 0 Å². The van der Waals surface area contributed by atoms with Crippen molar-refractivity contribution in [2.24, 2.45) is 5.73 Å². The smallest absolute Gasteiger partial charge is 0.0980 e. The molecule has 0 radical (unpaired) electrons. The average molecular weight is 242 g/mol. The third-order valence-corrected chi connectivity index (χ3v) is 1.86. The Morgan fingerprint density at radius 2 is 2.33 bits per heavy atom. The van der Waals surface area contributed by atoms with Gasteiger partial charge in [-0.3, -0.25) is 0 Å². The van der Waals surface area contributed by atoms with Crippen molar-refractivity contribution in [2.75, 3.05) is 24.3 Å². The van der Waals surface area contributed by atoms with Crippen LogP contribution in [0.25, 0.3) is 0 Å². The van der Waals surface area contributed by atoms with Crippen LogP contribution in [-0.2, 0) is 4.74 Å². The molecule has 0 spiro atoms. The van der Waals surface area contributed by atoms with Gasteiger partial charge in [-0.25, -0.2) is 0 Å². The van der Waals surface area contributed by atoms with E-state index < -0.39 is 0 Å². The van der Waals surface area contributed by atoms with Crippen LogP contribution in [0, 0.1) is 0 Å². The van der Waals surface area contributed by atoms with E-state index in [4.69, 9.17) is 10.5 Å². The topological polar surface area (TPSA) is 47.3 Å². The Kier molecular flexibility index (Phi) is 2.69. The quantitative estimate of drug-likeness (QED) is 0.527. The van der Waals surface area contributed by atoms with E-state index in [1.165, 1.54) is 0 Å². The van der Waals surface area contributed by atoms with Crippen LogP contribution < -0.4 is 11.1 Å². The maximum Gasteiger partial charge on any atom is 0.0980 e. The van der Waals surface area contributed by atoms with Gasteiger partial charge in [0, 0.05) is 13.1 Å². The summed E-state index contributed by atoms with van der Waals surface area (Å²) in [6.45, 7) is 2.47. The zero-order valence-corrected chi connectivity index (χ0v) is 7.35. The highest BCUT2D eigenvalue weighted by atomic mass is 127. The Balaban J connectivity index is 2.09. The van der Waals surface area contributed by atoms with Gasteiger partial charge < -0.3 is 15.8 Å². The third-order valence-electron chi connectivity index (χ3n) is 1.42. The maximum atomic E-state index is 5.80. The summed E-state index contributed by atoms with van der Waals surface area (Å²) in [6, 6.07) is 0. The van der Waals surface area contributed by atoms with E-state index in [-0.39, 0.29) is 5.54 Å². The maximum absolute atomic E-state index is 5.80. The van der Waals surface area contributed by atoms with Crippen molar-refractivity contribution in [1.29, 1.82) is 0 Å². The number of halogens is 1. The van der Waals surface area contributed by atoms with Gasteiger partial charge >= 0.3 is 0 Å². The molecule has 1 saturated heterocycles. The molecule has 0 amide bonds. The van der Waals surface area contributed by atoms with Crippen LogP contribution in [-0.4, -0.2) is 29.8 Å². The molecule has 0 aromatic heterocycles. The first-order valence-corrected chi connectivity index (χ1v) is 4.43. The molecule has 54 valence electrons. The molecule has 0 saturated carbocycles. The van der Waals surface area contributed by atoms with Crippen molar-refractivity contribution < 1.29 is 4.74 Å². The SMILES string of the molecule is NC1(COCI)CNC1. The predicted octanol–water partition coefficient (Wildman–Crippen LogP) is -0.304. The normalized spacial score (nSPS) is 23.3. The first-order chi connectivity index (χ1) is 4.27. The highest BCUT2D eigenvalue weighted by Gasteiger charge is 2.32. The molecule has 1 aliphatic heterocycles. The summed E-state index contributed by atoms with van der Waals surface area (Å²) in [5.41, 5.74) is 5.73. The number of ether oxygens (including phenoxy) is 1. The molecule has 4 heteroatoms. The zero-order chi connectivity index (χ0) is 6.74. The summed E-state index contributed by atoms with van der Waals surface area (Å²) in [5.74, 6) is 0. The van der Waals surface area contributed by atoms with Crippen LogP contribution in [0.3, 0.4) is 0 Å². The molecule has 0 aromatic rings. The summed E-state index contributed by atoms with van der Waals surface area (Å²) in [4.78, 5) is 0. The lowest BCUT2D eigenvalue weighted by atomic mass is 9.95. The second kappa shape index (κ2) is 3.14. The molecule has 9 heavy (non-hydrogen) atoms. The largest absolute Gasteiger partial charge is 0.369 e. The van der Waals surface area contributed by atoms with Crippen molar-refractivity contribution in [3.63, 3.8) is 0 Å². The van der Waals surface area contributed by atoms with Crippen LogP contribution in [0.2, 0.25) is 0 Å². The summed E-state index contributed by atoms with van der Waals surface area (Å²) < 4.78 is 5.89. The number of rotatable bonds is 3. The number of nitrogens with one attached hydrogen (secondary N) is 1. The molecule has 0 unspecified atom stereocenters. The van der Waals surface area contributed by atoms with Gasteiger partial charge in [0.1, 0.15) is 0 Å². The van der Waals surface area contributed by atoms with Crippen molar-refractivity contribution in [1.82, 2.24) is 5.32 Å². The minimum Gasteiger partial charge on any atom is -0.369 e. The monoisotopic (exact) mass is 242 g/mol. The fourth-order valence-corrected chi connectivity index (χ4v) is 1.01. The lowest BCUT2D eigenvalue weighted by Crippen LogP contribution is -2.68. The van der Waals surface area contributed by atoms with Gasteiger partial charge in [0.15, 0.2) is 0 Å². The van der Waals surface area contributed by atoms with E-state index in [1.807, 2.05) is 0 Å². The number of nitrogens with two attached hydrogens (primary N) is 1. The van der Waals surface area contributed by atoms with Gasteiger partial charge in [-0.1, -0.05) is 22.6 Å². The van der Waals surface area contributed by atoms with E-state index in [0.29, 0.717) is 6.61 Å². The lowest BCUT2D eigenvalue weighted by molar-refractivity contribution is 0.0952. The van der Waals surface area contributed by atoms with E-state index in [1.54, 1.807) is 0 Å². The van der Waals surface area contributed by atoms with Crippen molar-refractivity contribution in [3.8, 4) is 0 Å². The third kappa shape index (κ3) is 2.03. The van der Waals surface area contributed by atoms with Crippen molar-refractivity contribution in [2.45, 2.75) is 5.54 Å². The Hall–Kier alpha value is 0.610. The van der Waals surface area contributed by atoms with E-state index in [9.17, 15) is 0 Å². The Morgan fingerprint density at radius 1 is 1.67 bits per heavy atom. The minimum atomic E-state index is -0.0643. The molecule has 3 nitrogen and oxygen atoms in total. The van der Waals surface area contributed by atoms with E-state index in [0.717, 1.165) is 17.7 Å². The summed E-state index contributed by atoms with van der Waals surface area (Å²) >= 11 is 2.17. The van der Waals surface area contributed by atoms with E-state index in [2.05, 4.69) is 27.9 Å². The highest BCUT2D eigenvalue weighted by molar-refractivity contribution is 14.1. The van der Waals surface area contributed by atoms with Crippen LogP contribution in [0.15, 0.2) is 0 Å². The standard InChI is InChI=1S/C5H11IN2O/c6-4-9-3-5(7)1-8-2-5/h8H,1-4,7H2. The molecule has 0 bridgehead atoms. The molecular formula is C5H11IN2O. The zero-order valence-electron chi connectivity index (χ0n) is 5.19. The molecule has 0 atom stereocenters. The Bertz CT molecular complexity index is 95.0. The second-order valence-electron chi connectivity index (χ2n) is 2.42. The Morgan fingerprint density at radius 3 is 2.67 bits per heavy atom. The summed E-state index contributed by atoms with van der Waals surface area (Å²) in [7, 11) is 0. The highest BCUT2D eigenvalue weighted by Crippen LogP contribution is 2.06. The lowest BCUT2D eigenvalue weighted by Gasteiger charge is -2.38. The van der Waals surface area contributed by atoms with Crippen molar-refractivity contribution in [3.05, 3.63) is 0 Å². The molecule has 1 heterocycles. The predicted molar refractivity (Wildman–Crippen MR) is 44.6 cm³/mol. The molecule has 3 N–H and O–H groups in total. The van der Waals surface area contributed by atoms with Crippen LogP contribution in [0.5, 0.6) is 0 Å². The Labute approximate surface area is 68.5 Å². The van der Waals surface area contributed by atoms with Crippen LogP contribution in [0.4, 0.5) is 0 Å². The second-order valence-corrected chi connectivity index (χ2v) is 3.05. The number of alkyl halides is 1. The first-order valence-electron chi connectivity index (χ1n) is 2.90. The molecule has 1 fully saturated rings. The summed E-state index contributed by atoms with van der Waals surface area (Å²) in [6.07, 6.45) is 0. The van der Waals surface area contributed by atoms with Gasteiger partial charge in [-0.15, -0.1) is 0 Å². The van der Waals surface area contributed by atoms with Gasteiger partial charge in [-0.05, 0) is 0 Å². The molecular weight excluding hydrogens is 231 g/mol. The van der Waals surface area contributed by atoms with E-state index >= 15 is 0 Å². The van der Waals surface area contributed by atoms with Gasteiger partial charge in [0.2, 0.25) is 0 Å². The minimum absolute atomic E-state index is 0.0643. The average Bonchev–Trinajstić information content (AvgIpc) is 1.79. The van der Waals surface area contributed by atoms with Gasteiger partial charge in [0.05, 0.1) is 16.8 Å². The van der Waals surface area contributed by atoms with Crippen LogP contribution in [0.1, 0.15) is 0 Å². The van der Waals surface area contributed by atoms with Crippen molar-refractivity contribution >= 4 is 22.6 Å². The fourth-order valence-electron chi connectivity index (χ4n) is 0.790. The molecule has 0 aromatic carbocycles. The van der Waals surface area contributed by atoms with Gasteiger partial charge in [-0.2, -0.15) is 0 Å². The fraction of sp³-hybridized carbons (Fsp3) is 1.00. The molecule has 1 rings (SSSR count). The molecule has 1 aliphatic rings. The number of hydrogen-bond acceptors (Lipinski definition) is 3.